The number of nitrogens with one attached hydrogen (secondary N) is 2. The summed E-state index contributed by atoms with van der Waals surface area (Å²) in [6, 6.07) is 5.33. The molecule has 0 radical (unpaired) electrons. The van der Waals surface area contributed by atoms with E-state index in [0.29, 0.717) is 28.9 Å². The summed E-state index contributed by atoms with van der Waals surface area (Å²) in [7, 11) is 3.28. The van der Waals surface area contributed by atoms with E-state index in [2.05, 4.69) is 25.7 Å². The lowest BCUT2D eigenvalue weighted by atomic mass is 9.98. The van der Waals surface area contributed by atoms with Crippen molar-refractivity contribution < 1.29 is 14.6 Å². The molecule has 1 fully saturated rings. The van der Waals surface area contributed by atoms with E-state index in [0.717, 1.165) is 12.8 Å². The fraction of sp³-hybridized carbons (Fsp3) is 0.400. The molecule has 30 heavy (non-hydrogen) atoms. The van der Waals surface area contributed by atoms with Crippen LogP contribution in [-0.2, 0) is 0 Å². The molecule has 0 unspecified atom stereocenters. The number of nitrogens with zero attached hydrogens (tertiary/aromatic N) is 4. The predicted octanol–water partition coefficient (Wildman–Crippen LogP) is 2.33. The van der Waals surface area contributed by atoms with Crippen molar-refractivity contribution in [2.24, 2.45) is 5.73 Å². The molecule has 4 rings (SSSR count). The van der Waals surface area contributed by atoms with Gasteiger partial charge in [-0.1, -0.05) is 19.3 Å². The van der Waals surface area contributed by atoms with Crippen molar-refractivity contribution >= 4 is 28.9 Å². The molecule has 1 aliphatic carbocycles. The van der Waals surface area contributed by atoms with Crippen LogP contribution in [0, 0.1) is 0 Å². The SMILES string of the molecule is CNc1cc(Nc2cccnc2OC)nc2c(C(N)=O)cnn12.OC1CCCCC1. The van der Waals surface area contributed by atoms with Gasteiger partial charge in [0.2, 0.25) is 5.88 Å². The molecule has 3 aromatic rings. The first kappa shape index (κ1) is 21.3. The second-order valence-electron chi connectivity index (χ2n) is 6.91. The second kappa shape index (κ2) is 9.88. The Morgan fingerprint density at radius 1 is 1.33 bits per heavy atom. The Morgan fingerprint density at radius 3 is 2.70 bits per heavy atom. The van der Waals surface area contributed by atoms with E-state index in [-0.39, 0.29) is 11.7 Å². The summed E-state index contributed by atoms with van der Waals surface area (Å²) in [6.45, 7) is 0. The number of pyridine rings is 1. The minimum Gasteiger partial charge on any atom is -0.480 e. The highest BCUT2D eigenvalue weighted by Gasteiger charge is 2.15. The first-order valence-electron chi connectivity index (χ1n) is 9.84. The summed E-state index contributed by atoms with van der Waals surface area (Å²) >= 11 is 0. The predicted molar refractivity (Wildman–Crippen MR) is 114 cm³/mol. The first-order valence-corrected chi connectivity index (χ1v) is 9.84. The van der Waals surface area contributed by atoms with E-state index in [9.17, 15) is 4.79 Å². The molecule has 0 bridgehead atoms. The van der Waals surface area contributed by atoms with Gasteiger partial charge in [0, 0.05) is 19.3 Å². The molecule has 10 heteroatoms. The van der Waals surface area contributed by atoms with Crippen LogP contribution < -0.4 is 21.1 Å². The molecule has 0 spiro atoms. The van der Waals surface area contributed by atoms with Gasteiger partial charge < -0.3 is 26.2 Å². The molecule has 3 aromatic heterocycles. The minimum absolute atomic E-state index is 0.0359. The Balaban J connectivity index is 0.000000310. The van der Waals surface area contributed by atoms with Gasteiger partial charge in [-0.2, -0.15) is 9.61 Å². The van der Waals surface area contributed by atoms with E-state index >= 15 is 0 Å². The first-order chi connectivity index (χ1) is 14.5. The zero-order chi connectivity index (χ0) is 21.5. The monoisotopic (exact) mass is 413 g/mol. The highest BCUT2D eigenvalue weighted by Crippen LogP contribution is 2.26. The molecule has 1 saturated carbocycles. The summed E-state index contributed by atoms with van der Waals surface area (Å²) in [5, 5.41) is 19.1. The molecular weight excluding hydrogens is 386 g/mol. The van der Waals surface area contributed by atoms with E-state index < -0.39 is 5.91 Å². The molecule has 0 saturated heterocycles. The number of rotatable bonds is 5. The van der Waals surface area contributed by atoms with Gasteiger partial charge in [-0.15, -0.1) is 0 Å². The van der Waals surface area contributed by atoms with Gasteiger partial charge in [0.15, 0.2) is 5.65 Å². The Bertz CT molecular complexity index is 999. The third kappa shape index (κ3) is 4.95. The number of aliphatic hydroxyl groups is 1. The molecule has 1 aliphatic rings. The second-order valence-corrected chi connectivity index (χ2v) is 6.91. The number of carbonyl (C=O) groups is 1. The Hall–Kier alpha value is -3.40. The number of primary amides is 1. The van der Waals surface area contributed by atoms with Crippen molar-refractivity contribution in [1.29, 1.82) is 0 Å². The van der Waals surface area contributed by atoms with E-state index in [1.165, 1.54) is 37.1 Å². The van der Waals surface area contributed by atoms with Crippen molar-refractivity contribution in [1.82, 2.24) is 19.6 Å². The molecule has 1 amide bonds. The standard InChI is InChI=1S/C14H15N7O2.C6H12O/c1-16-11-6-10(19-9-4-3-5-17-14(9)23-2)20-13-8(12(15)22)7-18-21(11)13;7-6-4-2-1-3-5-6/h3-7,16H,1-2H3,(H2,15,22)(H,19,20);6-7H,1-5H2. The number of hydrogen-bond donors (Lipinski definition) is 4. The van der Waals surface area contributed by atoms with Gasteiger partial charge in [-0.05, 0) is 25.0 Å². The van der Waals surface area contributed by atoms with Gasteiger partial charge in [0.25, 0.3) is 5.91 Å². The smallest absolute Gasteiger partial charge is 0.254 e. The molecule has 10 nitrogen and oxygen atoms in total. The quantitative estimate of drug-likeness (QED) is 0.500. The fourth-order valence-electron chi connectivity index (χ4n) is 3.25. The normalized spacial score (nSPS) is 14.0. The number of aromatic nitrogens is 4. The summed E-state index contributed by atoms with van der Waals surface area (Å²) in [5.74, 6) is 0.985. The lowest BCUT2D eigenvalue weighted by molar-refractivity contribution is 0.100. The van der Waals surface area contributed by atoms with E-state index in [4.69, 9.17) is 15.6 Å². The highest BCUT2D eigenvalue weighted by molar-refractivity contribution is 5.99. The zero-order valence-electron chi connectivity index (χ0n) is 17.1. The van der Waals surface area contributed by atoms with Crippen LogP contribution in [-0.4, -0.2) is 50.9 Å². The van der Waals surface area contributed by atoms with Crippen LogP contribution in [0.3, 0.4) is 0 Å². The number of fused-ring (bicyclic) bond motifs is 1. The maximum Gasteiger partial charge on any atom is 0.254 e. The average Bonchev–Trinajstić information content (AvgIpc) is 3.19. The maximum absolute atomic E-state index is 11.5. The van der Waals surface area contributed by atoms with Crippen LogP contribution in [0.25, 0.3) is 5.65 Å². The number of hydrogen-bond acceptors (Lipinski definition) is 8. The lowest BCUT2D eigenvalue weighted by Gasteiger charge is -2.14. The molecule has 3 heterocycles. The third-order valence-corrected chi connectivity index (χ3v) is 4.80. The third-order valence-electron chi connectivity index (χ3n) is 4.80. The number of methoxy groups -OCH3 is 1. The highest BCUT2D eigenvalue weighted by atomic mass is 16.5. The van der Waals surface area contributed by atoms with Gasteiger partial charge in [-0.3, -0.25) is 4.79 Å². The molecular formula is C20H27N7O3. The van der Waals surface area contributed by atoms with Crippen molar-refractivity contribution in [2.45, 2.75) is 38.2 Å². The molecule has 0 aromatic carbocycles. The Kier molecular flexibility index (Phi) is 7.02. The van der Waals surface area contributed by atoms with Gasteiger partial charge >= 0.3 is 0 Å². The van der Waals surface area contributed by atoms with E-state index in [1.807, 2.05) is 6.07 Å². The Labute approximate surface area is 174 Å². The van der Waals surface area contributed by atoms with Gasteiger partial charge in [0.1, 0.15) is 22.9 Å². The van der Waals surface area contributed by atoms with Crippen molar-refractivity contribution in [2.75, 3.05) is 24.8 Å². The number of carbonyl (C=O) groups excluding carboxylic acids is 1. The number of anilines is 3. The maximum atomic E-state index is 11.5. The van der Waals surface area contributed by atoms with Crippen LogP contribution in [0.2, 0.25) is 0 Å². The van der Waals surface area contributed by atoms with Crippen LogP contribution in [0.1, 0.15) is 42.5 Å². The van der Waals surface area contributed by atoms with E-state index in [1.54, 1.807) is 25.4 Å². The zero-order valence-corrected chi connectivity index (χ0v) is 17.1. The van der Waals surface area contributed by atoms with Crippen LogP contribution in [0.15, 0.2) is 30.6 Å². The van der Waals surface area contributed by atoms with Crippen LogP contribution >= 0.6 is 0 Å². The van der Waals surface area contributed by atoms with Crippen molar-refractivity contribution in [3.63, 3.8) is 0 Å². The average molecular weight is 413 g/mol. The molecule has 0 aliphatic heterocycles. The van der Waals surface area contributed by atoms with Crippen molar-refractivity contribution in [3.8, 4) is 5.88 Å². The van der Waals surface area contributed by atoms with Crippen LogP contribution in [0.4, 0.5) is 17.3 Å². The summed E-state index contributed by atoms with van der Waals surface area (Å²) in [5.41, 5.74) is 6.60. The largest absolute Gasteiger partial charge is 0.480 e. The number of ether oxygens (including phenoxy) is 1. The fourth-order valence-corrected chi connectivity index (χ4v) is 3.25. The molecule has 0 atom stereocenters. The summed E-state index contributed by atoms with van der Waals surface area (Å²) in [4.78, 5) is 20.0. The number of aliphatic hydroxyl groups excluding tert-OH is 1. The number of nitrogens with two attached hydrogens (primary N) is 1. The summed E-state index contributed by atoms with van der Waals surface area (Å²) in [6.07, 6.45) is 8.94. The minimum atomic E-state index is -0.592. The van der Waals surface area contributed by atoms with Gasteiger partial charge in [-0.25, -0.2) is 9.97 Å². The summed E-state index contributed by atoms with van der Waals surface area (Å²) < 4.78 is 6.71. The van der Waals surface area contributed by atoms with Crippen molar-refractivity contribution in [3.05, 3.63) is 36.2 Å². The lowest BCUT2D eigenvalue weighted by Crippen LogP contribution is -2.12. The molecule has 5 N–H and O–H groups in total. The van der Waals surface area contributed by atoms with Crippen LogP contribution in [0.5, 0.6) is 5.88 Å². The molecule has 160 valence electrons. The number of amides is 1. The topological polar surface area (TPSA) is 140 Å². The van der Waals surface area contributed by atoms with Gasteiger partial charge in [0.05, 0.1) is 19.4 Å². The Morgan fingerprint density at radius 2 is 2.10 bits per heavy atom.